The SMILES string of the molecule is Cc1ccn2nc(C(C)Nc3ncnc(N)c3-c3cc(F)cc(NS(=O)(=O)c4ccc(O)cc4)c3)n(-c3ccccc3)c(=O)c12. The number of anilines is 3. The van der Waals surface area contributed by atoms with Crippen molar-refractivity contribution in [3.05, 3.63) is 119 Å². The van der Waals surface area contributed by atoms with E-state index in [1.54, 1.807) is 25.3 Å². The van der Waals surface area contributed by atoms with E-state index < -0.39 is 21.9 Å². The van der Waals surface area contributed by atoms with Crippen LogP contribution in [0.1, 0.15) is 24.4 Å². The Morgan fingerprint density at radius 3 is 2.47 bits per heavy atom. The number of nitrogens with zero attached hydrogens (tertiary/aromatic N) is 5. The minimum absolute atomic E-state index is 0.00235. The lowest BCUT2D eigenvalue weighted by Gasteiger charge is -2.21. The third kappa shape index (κ3) is 5.65. The van der Waals surface area contributed by atoms with Crippen molar-refractivity contribution in [2.75, 3.05) is 15.8 Å². The van der Waals surface area contributed by atoms with Crippen LogP contribution in [0, 0.1) is 12.7 Å². The van der Waals surface area contributed by atoms with E-state index in [1.165, 1.54) is 51.8 Å². The molecule has 0 aliphatic carbocycles. The number of aromatic hydroxyl groups is 1. The Kier molecular flexibility index (Phi) is 7.42. The van der Waals surface area contributed by atoms with E-state index in [0.29, 0.717) is 17.0 Å². The molecule has 14 heteroatoms. The number of sulfonamides is 1. The number of phenols is 1. The van der Waals surface area contributed by atoms with E-state index in [4.69, 9.17) is 10.8 Å². The number of rotatable bonds is 8. The lowest BCUT2D eigenvalue weighted by molar-refractivity contribution is 0.475. The molecule has 5 N–H and O–H groups in total. The maximum Gasteiger partial charge on any atom is 0.282 e. The molecule has 0 aliphatic heterocycles. The van der Waals surface area contributed by atoms with E-state index in [9.17, 15) is 22.7 Å². The molecule has 0 bridgehead atoms. The molecule has 6 rings (SSSR count). The van der Waals surface area contributed by atoms with Crippen molar-refractivity contribution >= 4 is 32.9 Å². The molecule has 0 radical (unpaired) electrons. The Hall–Kier alpha value is -5.76. The fraction of sp³-hybridized carbons (Fsp3) is 0.0968. The number of hydrogen-bond donors (Lipinski definition) is 4. The Labute approximate surface area is 256 Å². The van der Waals surface area contributed by atoms with Gasteiger partial charge in [0.1, 0.15) is 35.0 Å². The fourth-order valence-corrected chi connectivity index (χ4v) is 6.07. The van der Waals surface area contributed by atoms with Gasteiger partial charge in [-0.25, -0.2) is 27.3 Å². The Balaban J connectivity index is 1.41. The predicted octanol–water partition coefficient (Wildman–Crippen LogP) is 4.65. The van der Waals surface area contributed by atoms with Gasteiger partial charge in [0.05, 0.1) is 27.9 Å². The van der Waals surface area contributed by atoms with Gasteiger partial charge in [-0.2, -0.15) is 5.10 Å². The molecule has 228 valence electrons. The van der Waals surface area contributed by atoms with Gasteiger partial charge in [-0.1, -0.05) is 18.2 Å². The molecule has 12 nitrogen and oxygen atoms in total. The van der Waals surface area contributed by atoms with Crippen molar-refractivity contribution in [1.29, 1.82) is 0 Å². The molecule has 1 atom stereocenters. The lowest BCUT2D eigenvalue weighted by Crippen LogP contribution is -2.29. The smallest absolute Gasteiger partial charge is 0.282 e. The number of benzene rings is 3. The number of nitrogens with two attached hydrogens (primary N) is 1. The van der Waals surface area contributed by atoms with E-state index in [2.05, 4.69) is 20.0 Å². The summed E-state index contributed by atoms with van der Waals surface area (Å²) in [6.45, 7) is 3.62. The van der Waals surface area contributed by atoms with Crippen LogP contribution in [0.5, 0.6) is 5.75 Å². The number of nitrogen functional groups attached to an aromatic ring is 1. The molecule has 3 aromatic carbocycles. The van der Waals surface area contributed by atoms with Crippen molar-refractivity contribution in [1.82, 2.24) is 24.1 Å². The molecule has 1 unspecified atom stereocenters. The lowest BCUT2D eigenvalue weighted by atomic mass is 10.1. The number of phenolic OH excluding ortho intramolecular Hbond substituents is 1. The van der Waals surface area contributed by atoms with Crippen molar-refractivity contribution in [2.24, 2.45) is 0 Å². The first-order valence-corrected chi connectivity index (χ1v) is 15.2. The van der Waals surface area contributed by atoms with Gasteiger partial charge >= 0.3 is 0 Å². The molecule has 3 heterocycles. The number of halogens is 1. The minimum Gasteiger partial charge on any atom is -0.508 e. The van der Waals surface area contributed by atoms with E-state index in [-0.39, 0.29) is 44.7 Å². The summed E-state index contributed by atoms with van der Waals surface area (Å²) < 4.78 is 46.3. The molecule has 0 amide bonds. The molecule has 0 spiro atoms. The molecule has 0 saturated carbocycles. The highest BCUT2D eigenvalue weighted by Gasteiger charge is 2.23. The summed E-state index contributed by atoms with van der Waals surface area (Å²) in [7, 11) is -4.12. The van der Waals surface area contributed by atoms with Gasteiger partial charge in [-0.15, -0.1) is 0 Å². The van der Waals surface area contributed by atoms with Crippen LogP contribution in [0.25, 0.3) is 22.3 Å². The van der Waals surface area contributed by atoms with Crippen molar-refractivity contribution < 1.29 is 17.9 Å². The second-order valence-electron chi connectivity index (χ2n) is 10.3. The molecule has 3 aromatic heterocycles. The molecule has 0 saturated heterocycles. The number of fused-ring (bicyclic) bond motifs is 1. The largest absolute Gasteiger partial charge is 0.508 e. The maximum atomic E-state index is 14.9. The van der Waals surface area contributed by atoms with Crippen LogP contribution >= 0.6 is 0 Å². The summed E-state index contributed by atoms with van der Waals surface area (Å²) in [5, 5.41) is 17.5. The first-order valence-electron chi connectivity index (χ1n) is 13.7. The molecular formula is C31H27FN8O4S. The predicted molar refractivity (Wildman–Crippen MR) is 168 cm³/mol. The summed E-state index contributed by atoms with van der Waals surface area (Å²) in [6, 6.07) is 18.8. The molecule has 0 fully saturated rings. The van der Waals surface area contributed by atoms with Gasteiger partial charge in [-0.3, -0.25) is 14.1 Å². The summed E-state index contributed by atoms with van der Waals surface area (Å²) >= 11 is 0. The van der Waals surface area contributed by atoms with E-state index in [0.717, 1.165) is 11.6 Å². The number of aromatic nitrogens is 5. The van der Waals surface area contributed by atoms with Gasteiger partial charge in [0.15, 0.2) is 5.82 Å². The zero-order valence-corrected chi connectivity index (χ0v) is 24.8. The highest BCUT2D eigenvalue weighted by Crippen LogP contribution is 2.35. The van der Waals surface area contributed by atoms with Crippen LogP contribution in [0.15, 0.2) is 101 Å². The second-order valence-corrected chi connectivity index (χ2v) is 12.0. The van der Waals surface area contributed by atoms with Crippen LogP contribution in [-0.4, -0.2) is 37.7 Å². The zero-order chi connectivity index (χ0) is 31.9. The number of aryl methyl sites for hydroxylation is 1. The molecule has 0 aliphatic rings. The quantitative estimate of drug-likeness (QED) is 0.188. The first kappa shape index (κ1) is 29.3. The Morgan fingerprint density at radius 1 is 1.00 bits per heavy atom. The highest BCUT2D eigenvalue weighted by molar-refractivity contribution is 7.92. The summed E-state index contributed by atoms with van der Waals surface area (Å²) in [6.07, 6.45) is 2.94. The molecule has 6 aromatic rings. The summed E-state index contributed by atoms with van der Waals surface area (Å²) in [5.74, 6) is -0.284. The number of hydrogen-bond acceptors (Lipinski definition) is 9. The van der Waals surface area contributed by atoms with E-state index in [1.807, 2.05) is 31.2 Å². The average molecular weight is 627 g/mol. The third-order valence-electron chi connectivity index (χ3n) is 7.13. The monoisotopic (exact) mass is 626 g/mol. The van der Waals surface area contributed by atoms with Crippen molar-refractivity contribution in [3.63, 3.8) is 0 Å². The topological polar surface area (TPSA) is 170 Å². The Morgan fingerprint density at radius 2 is 1.73 bits per heavy atom. The first-order chi connectivity index (χ1) is 21.5. The fourth-order valence-electron chi connectivity index (χ4n) is 5.03. The zero-order valence-electron chi connectivity index (χ0n) is 24.0. The van der Waals surface area contributed by atoms with Gasteiger partial charge in [-0.05, 0) is 85.6 Å². The normalized spacial score (nSPS) is 12.2. The van der Waals surface area contributed by atoms with Gasteiger partial charge < -0.3 is 16.2 Å². The summed E-state index contributed by atoms with van der Waals surface area (Å²) in [5.41, 5.74) is 8.15. The van der Waals surface area contributed by atoms with Crippen molar-refractivity contribution in [3.8, 4) is 22.6 Å². The minimum atomic E-state index is -4.12. The van der Waals surface area contributed by atoms with Crippen LogP contribution in [0.4, 0.5) is 21.7 Å². The second kappa shape index (κ2) is 11.4. The van der Waals surface area contributed by atoms with Crippen molar-refractivity contribution in [2.45, 2.75) is 24.8 Å². The third-order valence-corrected chi connectivity index (χ3v) is 8.53. The molecule has 45 heavy (non-hydrogen) atoms. The van der Waals surface area contributed by atoms with Gasteiger partial charge in [0.2, 0.25) is 0 Å². The van der Waals surface area contributed by atoms with E-state index >= 15 is 0 Å². The van der Waals surface area contributed by atoms with Gasteiger partial charge in [0, 0.05) is 6.20 Å². The maximum absolute atomic E-state index is 14.9. The number of para-hydroxylation sites is 1. The number of nitrogens with one attached hydrogen (secondary N) is 2. The van der Waals surface area contributed by atoms with Crippen LogP contribution in [-0.2, 0) is 10.0 Å². The average Bonchev–Trinajstić information content (AvgIpc) is 3.38. The van der Waals surface area contributed by atoms with Crippen LogP contribution in [0.3, 0.4) is 0 Å². The molecular weight excluding hydrogens is 599 g/mol. The van der Waals surface area contributed by atoms with Crippen LogP contribution in [0.2, 0.25) is 0 Å². The highest BCUT2D eigenvalue weighted by atomic mass is 32.2. The Bertz CT molecular complexity index is 2220. The summed E-state index contributed by atoms with van der Waals surface area (Å²) in [4.78, 5) is 22.1. The standard InChI is InChI=1S/C31H27FN8O4S/c1-18-12-13-39-27(18)31(42)40(23-6-4-3-5-7-23)30(37-39)19(2)36-29-26(28(33)34-17-35-29)20-14-21(32)16-22(15-20)38-45(43,44)25-10-8-24(41)9-11-25/h3-17,19,38,41H,1-2H3,(H3,33,34,35,36). The van der Waals surface area contributed by atoms with Gasteiger partial charge in [0.25, 0.3) is 15.6 Å². The van der Waals surface area contributed by atoms with Crippen LogP contribution < -0.4 is 21.3 Å².